The van der Waals surface area contributed by atoms with Gasteiger partial charge in [-0.05, 0) is 24.9 Å². The minimum absolute atomic E-state index is 0.152. The molecule has 0 spiro atoms. The van der Waals surface area contributed by atoms with Crippen molar-refractivity contribution in [2.75, 3.05) is 6.54 Å². The standard InChI is InChI=1S/C10H13N5OS/c1-8-13-10(17-14-8)9(16)12-3-2-5-15-6-4-11-7-15/h4,6-7H,2-3,5H2,1H3,(H,12,16). The summed E-state index contributed by atoms with van der Waals surface area (Å²) >= 11 is 1.13. The minimum Gasteiger partial charge on any atom is -0.350 e. The summed E-state index contributed by atoms with van der Waals surface area (Å²) in [4.78, 5) is 19.6. The molecule has 0 radical (unpaired) electrons. The second-order valence-electron chi connectivity index (χ2n) is 3.56. The van der Waals surface area contributed by atoms with Gasteiger partial charge in [0.05, 0.1) is 6.33 Å². The van der Waals surface area contributed by atoms with Gasteiger partial charge in [0.2, 0.25) is 5.01 Å². The number of nitrogens with zero attached hydrogens (tertiary/aromatic N) is 4. The van der Waals surface area contributed by atoms with Crippen LogP contribution < -0.4 is 5.32 Å². The zero-order valence-corrected chi connectivity index (χ0v) is 10.3. The fourth-order valence-corrected chi connectivity index (χ4v) is 1.93. The topological polar surface area (TPSA) is 72.7 Å². The molecule has 0 atom stereocenters. The fourth-order valence-electron chi connectivity index (χ4n) is 1.35. The molecule has 0 aliphatic rings. The summed E-state index contributed by atoms with van der Waals surface area (Å²) in [7, 11) is 0. The van der Waals surface area contributed by atoms with Crippen molar-refractivity contribution in [3.8, 4) is 0 Å². The lowest BCUT2D eigenvalue weighted by molar-refractivity contribution is 0.0952. The van der Waals surface area contributed by atoms with Crippen molar-refractivity contribution in [3.05, 3.63) is 29.6 Å². The second-order valence-corrected chi connectivity index (χ2v) is 4.31. The molecule has 0 unspecified atom stereocenters. The molecule has 7 heteroatoms. The van der Waals surface area contributed by atoms with Gasteiger partial charge in [-0.2, -0.15) is 4.37 Å². The second kappa shape index (κ2) is 5.53. The van der Waals surface area contributed by atoms with E-state index in [1.807, 2.05) is 10.8 Å². The molecule has 0 aliphatic carbocycles. The number of aryl methyl sites for hydroxylation is 2. The lowest BCUT2D eigenvalue weighted by Gasteiger charge is -2.03. The van der Waals surface area contributed by atoms with Crippen LogP contribution in [0.25, 0.3) is 0 Å². The summed E-state index contributed by atoms with van der Waals surface area (Å²) in [6.45, 7) is 3.23. The molecule has 1 amide bonds. The lowest BCUT2D eigenvalue weighted by Crippen LogP contribution is -2.25. The maximum absolute atomic E-state index is 11.6. The number of carbonyl (C=O) groups is 1. The van der Waals surface area contributed by atoms with Crippen LogP contribution in [0.2, 0.25) is 0 Å². The van der Waals surface area contributed by atoms with Crippen molar-refractivity contribution in [3.63, 3.8) is 0 Å². The summed E-state index contributed by atoms with van der Waals surface area (Å²) in [5.41, 5.74) is 0. The highest BCUT2D eigenvalue weighted by Gasteiger charge is 2.09. The normalized spacial score (nSPS) is 10.4. The highest BCUT2D eigenvalue weighted by atomic mass is 32.1. The number of rotatable bonds is 5. The Bertz CT molecular complexity index is 479. The van der Waals surface area contributed by atoms with E-state index in [1.54, 1.807) is 19.4 Å². The number of imidazole rings is 1. The summed E-state index contributed by atoms with van der Waals surface area (Å²) in [5, 5.41) is 3.23. The number of hydrogen-bond acceptors (Lipinski definition) is 5. The number of nitrogens with one attached hydrogen (secondary N) is 1. The smallest absolute Gasteiger partial charge is 0.281 e. The summed E-state index contributed by atoms with van der Waals surface area (Å²) < 4.78 is 5.94. The van der Waals surface area contributed by atoms with Crippen LogP contribution >= 0.6 is 11.5 Å². The summed E-state index contributed by atoms with van der Waals surface area (Å²) in [6, 6.07) is 0. The summed E-state index contributed by atoms with van der Waals surface area (Å²) in [5.74, 6) is 0.486. The highest BCUT2D eigenvalue weighted by molar-refractivity contribution is 7.07. The van der Waals surface area contributed by atoms with Crippen LogP contribution in [-0.4, -0.2) is 31.4 Å². The predicted octanol–water partition coefficient (Wildman–Crippen LogP) is 0.863. The van der Waals surface area contributed by atoms with Gasteiger partial charge in [0, 0.05) is 25.5 Å². The number of carbonyl (C=O) groups excluding carboxylic acids is 1. The highest BCUT2D eigenvalue weighted by Crippen LogP contribution is 2.02. The van der Waals surface area contributed by atoms with Gasteiger partial charge in [0.1, 0.15) is 5.82 Å². The molecule has 2 aromatic heterocycles. The van der Waals surface area contributed by atoms with Gasteiger partial charge in [-0.3, -0.25) is 4.79 Å². The van der Waals surface area contributed by atoms with E-state index in [1.165, 1.54) is 0 Å². The van der Waals surface area contributed by atoms with Crippen LogP contribution in [0, 0.1) is 6.92 Å². The molecule has 0 saturated heterocycles. The Balaban J connectivity index is 1.70. The Morgan fingerprint density at radius 3 is 3.12 bits per heavy atom. The van der Waals surface area contributed by atoms with E-state index < -0.39 is 0 Å². The zero-order valence-electron chi connectivity index (χ0n) is 9.46. The third-order valence-electron chi connectivity index (χ3n) is 2.16. The molecule has 17 heavy (non-hydrogen) atoms. The first kappa shape index (κ1) is 11.7. The quantitative estimate of drug-likeness (QED) is 0.800. The third kappa shape index (κ3) is 3.35. The predicted molar refractivity (Wildman–Crippen MR) is 63.8 cm³/mol. The van der Waals surface area contributed by atoms with Gasteiger partial charge in [0.25, 0.3) is 5.91 Å². The average Bonchev–Trinajstić information content (AvgIpc) is 2.95. The van der Waals surface area contributed by atoms with Crippen molar-refractivity contribution < 1.29 is 4.79 Å². The van der Waals surface area contributed by atoms with E-state index in [2.05, 4.69) is 19.7 Å². The Hall–Kier alpha value is -1.76. The van der Waals surface area contributed by atoms with Gasteiger partial charge < -0.3 is 9.88 Å². The van der Waals surface area contributed by atoms with Crippen LogP contribution in [0.3, 0.4) is 0 Å². The summed E-state index contributed by atoms with van der Waals surface area (Å²) in [6.07, 6.45) is 6.26. The molecule has 0 aromatic carbocycles. The first-order chi connectivity index (χ1) is 8.25. The third-order valence-corrected chi connectivity index (χ3v) is 2.96. The number of hydrogen-bond donors (Lipinski definition) is 1. The van der Waals surface area contributed by atoms with Gasteiger partial charge in [-0.25, -0.2) is 9.97 Å². The van der Waals surface area contributed by atoms with E-state index in [4.69, 9.17) is 0 Å². The van der Waals surface area contributed by atoms with Crippen LogP contribution in [-0.2, 0) is 6.54 Å². The Morgan fingerprint density at radius 1 is 1.59 bits per heavy atom. The molecule has 2 aromatic rings. The molecular formula is C10H13N5OS. The van der Waals surface area contributed by atoms with Crippen LogP contribution in [0.4, 0.5) is 0 Å². The van der Waals surface area contributed by atoms with Gasteiger partial charge in [-0.1, -0.05) is 0 Å². The molecule has 2 heterocycles. The van der Waals surface area contributed by atoms with E-state index in [-0.39, 0.29) is 5.91 Å². The van der Waals surface area contributed by atoms with Crippen molar-refractivity contribution in [1.82, 2.24) is 24.2 Å². The maximum atomic E-state index is 11.6. The molecule has 0 aliphatic heterocycles. The van der Waals surface area contributed by atoms with Crippen LogP contribution in [0.5, 0.6) is 0 Å². The van der Waals surface area contributed by atoms with Crippen molar-refractivity contribution in [2.45, 2.75) is 19.9 Å². The van der Waals surface area contributed by atoms with E-state index in [9.17, 15) is 4.79 Å². The Kier molecular flexibility index (Phi) is 3.81. The first-order valence-corrected chi connectivity index (χ1v) is 6.07. The molecule has 0 fully saturated rings. The van der Waals surface area contributed by atoms with E-state index in [0.717, 1.165) is 24.5 Å². The van der Waals surface area contributed by atoms with Crippen molar-refractivity contribution in [2.24, 2.45) is 0 Å². The number of aromatic nitrogens is 4. The van der Waals surface area contributed by atoms with Gasteiger partial charge >= 0.3 is 0 Å². The monoisotopic (exact) mass is 251 g/mol. The van der Waals surface area contributed by atoms with Gasteiger partial charge in [0.15, 0.2) is 0 Å². The van der Waals surface area contributed by atoms with Gasteiger partial charge in [-0.15, -0.1) is 0 Å². The zero-order chi connectivity index (χ0) is 12.1. The maximum Gasteiger partial charge on any atom is 0.281 e. The van der Waals surface area contributed by atoms with Crippen LogP contribution in [0.15, 0.2) is 18.7 Å². The molecule has 6 nitrogen and oxygen atoms in total. The Labute approximate surface area is 103 Å². The largest absolute Gasteiger partial charge is 0.350 e. The fraction of sp³-hybridized carbons (Fsp3) is 0.400. The molecule has 0 saturated carbocycles. The Morgan fingerprint density at radius 2 is 2.47 bits per heavy atom. The van der Waals surface area contributed by atoms with E-state index >= 15 is 0 Å². The molecule has 1 N–H and O–H groups in total. The molecule has 90 valence electrons. The van der Waals surface area contributed by atoms with Crippen molar-refractivity contribution >= 4 is 17.4 Å². The first-order valence-electron chi connectivity index (χ1n) is 5.30. The van der Waals surface area contributed by atoms with Crippen molar-refractivity contribution in [1.29, 1.82) is 0 Å². The minimum atomic E-state index is -0.152. The SMILES string of the molecule is Cc1nsc(C(=O)NCCCn2ccnc2)n1. The lowest BCUT2D eigenvalue weighted by atomic mass is 10.4. The average molecular weight is 251 g/mol. The molecule has 0 bridgehead atoms. The number of amides is 1. The van der Waals surface area contributed by atoms with E-state index in [0.29, 0.717) is 17.4 Å². The van der Waals surface area contributed by atoms with Crippen LogP contribution in [0.1, 0.15) is 22.0 Å². The molecular weight excluding hydrogens is 238 g/mol. The molecule has 2 rings (SSSR count).